The summed E-state index contributed by atoms with van der Waals surface area (Å²) in [5.74, 6) is -0.329. The number of nitrogen functional groups attached to an aromatic ring is 1. The molecule has 5 nitrogen and oxygen atoms in total. The van der Waals surface area contributed by atoms with Crippen LogP contribution in [0.15, 0.2) is 40.9 Å². The zero-order valence-electron chi connectivity index (χ0n) is 11.3. The number of nitrogens with one attached hydrogen (secondary N) is 2. The van der Waals surface area contributed by atoms with Gasteiger partial charge in [0.15, 0.2) is 5.69 Å². The largest absolute Gasteiger partial charge is 0.395 e. The fourth-order valence-corrected chi connectivity index (χ4v) is 2.64. The molecule has 0 atom stereocenters. The number of hydrogen-bond donors (Lipinski definition) is 3. The molecule has 1 heterocycles. The molecular weight excluding hydrogens is 332 g/mol. The van der Waals surface area contributed by atoms with Crippen LogP contribution in [0.3, 0.4) is 0 Å². The van der Waals surface area contributed by atoms with Crippen LogP contribution in [0.4, 0.5) is 11.4 Å². The Morgan fingerprint density at radius 1 is 1.24 bits per heavy atom. The Balaban J connectivity index is 2.01. The van der Waals surface area contributed by atoms with E-state index < -0.39 is 0 Å². The number of aromatic amines is 1. The third-order valence-electron chi connectivity index (χ3n) is 3.33. The number of amides is 1. The molecule has 3 aromatic rings. The molecule has 21 heavy (non-hydrogen) atoms. The van der Waals surface area contributed by atoms with Crippen LogP contribution in [0.5, 0.6) is 0 Å². The first kappa shape index (κ1) is 13.6. The topological polar surface area (TPSA) is 83.8 Å². The Kier molecular flexibility index (Phi) is 3.39. The van der Waals surface area contributed by atoms with Crippen molar-refractivity contribution in [3.05, 3.63) is 52.3 Å². The van der Waals surface area contributed by atoms with Crippen molar-refractivity contribution in [2.24, 2.45) is 0 Å². The summed E-state index contributed by atoms with van der Waals surface area (Å²) in [6.45, 7) is 1.77. The summed E-state index contributed by atoms with van der Waals surface area (Å²) in [5, 5.41) is 11.5. The van der Waals surface area contributed by atoms with E-state index >= 15 is 0 Å². The Bertz CT molecular complexity index is 841. The van der Waals surface area contributed by atoms with Crippen molar-refractivity contribution < 1.29 is 4.79 Å². The highest BCUT2D eigenvalue weighted by Gasteiger charge is 2.16. The van der Waals surface area contributed by atoms with Gasteiger partial charge >= 0.3 is 0 Å². The maximum Gasteiger partial charge on any atom is 0.278 e. The lowest BCUT2D eigenvalue weighted by atomic mass is 10.1. The molecule has 1 aromatic heterocycles. The lowest BCUT2D eigenvalue weighted by molar-refractivity contribution is 0.102. The first-order valence-electron chi connectivity index (χ1n) is 6.37. The van der Waals surface area contributed by atoms with Gasteiger partial charge in [0.2, 0.25) is 0 Å². The summed E-state index contributed by atoms with van der Waals surface area (Å²) in [5.41, 5.74) is 7.81. The number of hydrogen-bond acceptors (Lipinski definition) is 3. The summed E-state index contributed by atoms with van der Waals surface area (Å²) >= 11 is 3.51. The monoisotopic (exact) mass is 344 g/mol. The van der Waals surface area contributed by atoms with Crippen molar-refractivity contribution in [2.75, 3.05) is 11.1 Å². The van der Waals surface area contributed by atoms with E-state index in [4.69, 9.17) is 5.73 Å². The predicted molar refractivity (Wildman–Crippen MR) is 87.3 cm³/mol. The molecule has 1 amide bonds. The molecule has 0 radical (unpaired) electrons. The lowest BCUT2D eigenvalue weighted by Crippen LogP contribution is -2.14. The number of rotatable bonds is 2. The van der Waals surface area contributed by atoms with Crippen molar-refractivity contribution in [3.63, 3.8) is 0 Å². The second kappa shape index (κ2) is 5.21. The number of halogens is 1. The van der Waals surface area contributed by atoms with Gasteiger partial charge in [-0.05, 0) is 24.4 Å². The summed E-state index contributed by atoms with van der Waals surface area (Å²) in [7, 11) is 0. The quantitative estimate of drug-likeness (QED) is 0.665. The van der Waals surface area contributed by atoms with Gasteiger partial charge in [-0.25, -0.2) is 0 Å². The Labute approximate surface area is 129 Å². The SMILES string of the molecule is Cc1[nH]nc(C(=O)Nc2ccc(Br)c3ccccc23)c1N. The maximum atomic E-state index is 12.3. The molecule has 0 aliphatic carbocycles. The van der Waals surface area contributed by atoms with E-state index in [1.54, 1.807) is 6.92 Å². The number of H-pyrrole nitrogens is 1. The number of carbonyl (C=O) groups excluding carboxylic acids is 1. The fourth-order valence-electron chi connectivity index (χ4n) is 2.16. The van der Waals surface area contributed by atoms with Gasteiger partial charge in [-0.3, -0.25) is 9.89 Å². The van der Waals surface area contributed by atoms with Crippen LogP contribution in [0, 0.1) is 6.92 Å². The van der Waals surface area contributed by atoms with Crippen LogP contribution in [0.25, 0.3) is 10.8 Å². The average Bonchev–Trinajstić information content (AvgIpc) is 2.82. The van der Waals surface area contributed by atoms with Crippen LogP contribution in [0.1, 0.15) is 16.2 Å². The average molecular weight is 345 g/mol. The summed E-state index contributed by atoms with van der Waals surface area (Å²) in [6.07, 6.45) is 0. The highest BCUT2D eigenvalue weighted by Crippen LogP contribution is 2.30. The number of nitrogens with two attached hydrogens (primary N) is 1. The van der Waals surface area contributed by atoms with Crippen molar-refractivity contribution in [1.82, 2.24) is 10.2 Å². The standard InChI is InChI=1S/C15H13BrN4O/c1-8-13(17)14(20-19-8)15(21)18-12-7-6-11(16)9-4-2-3-5-10(9)12/h2-7H,17H2,1H3,(H,18,21)(H,19,20). The maximum absolute atomic E-state index is 12.3. The van der Waals surface area contributed by atoms with Gasteiger partial charge in [-0.2, -0.15) is 5.10 Å². The first-order valence-corrected chi connectivity index (χ1v) is 7.16. The number of nitrogens with zero attached hydrogens (tertiary/aromatic N) is 1. The van der Waals surface area contributed by atoms with E-state index in [-0.39, 0.29) is 11.6 Å². The first-order chi connectivity index (χ1) is 10.1. The Morgan fingerprint density at radius 3 is 2.62 bits per heavy atom. The number of anilines is 2. The van der Waals surface area contributed by atoms with Crippen molar-refractivity contribution in [1.29, 1.82) is 0 Å². The summed E-state index contributed by atoms with van der Waals surface area (Å²) in [4.78, 5) is 12.3. The minimum absolute atomic E-state index is 0.208. The van der Waals surface area contributed by atoms with Crippen LogP contribution in [0.2, 0.25) is 0 Å². The molecule has 0 unspecified atom stereocenters. The highest BCUT2D eigenvalue weighted by molar-refractivity contribution is 9.10. The molecule has 2 aromatic carbocycles. The number of aromatic nitrogens is 2. The van der Waals surface area contributed by atoms with Crippen molar-refractivity contribution in [3.8, 4) is 0 Å². The molecule has 0 aliphatic heterocycles. The molecule has 106 valence electrons. The van der Waals surface area contributed by atoms with Gasteiger partial charge in [-0.1, -0.05) is 40.2 Å². The summed E-state index contributed by atoms with van der Waals surface area (Å²) in [6, 6.07) is 11.6. The fraction of sp³-hybridized carbons (Fsp3) is 0.0667. The van der Waals surface area contributed by atoms with Crippen LogP contribution >= 0.6 is 15.9 Å². The van der Waals surface area contributed by atoms with Gasteiger partial charge in [0, 0.05) is 15.5 Å². The van der Waals surface area contributed by atoms with E-state index in [0.717, 1.165) is 20.9 Å². The molecule has 0 aliphatic rings. The van der Waals surface area contributed by atoms with Crippen molar-refractivity contribution >= 4 is 44.0 Å². The molecule has 0 saturated heterocycles. The third-order valence-corrected chi connectivity index (χ3v) is 4.02. The summed E-state index contributed by atoms with van der Waals surface area (Å²) < 4.78 is 0.978. The molecule has 0 bridgehead atoms. The zero-order valence-corrected chi connectivity index (χ0v) is 12.9. The number of benzene rings is 2. The van der Waals surface area contributed by atoms with Gasteiger partial charge in [0.1, 0.15) is 0 Å². The normalized spacial score (nSPS) is 10.8. The predicted octanol–water partition coefficient (Wildman–Crippen LogP) is 3.47. The van der Waals surface area contributed by atoms with E-state index in [1.165, 1.54) is 0 Å². The minimum atomic E-state index is -0.329. The van der Waals surface area contributed by atoms with Crippen LogP contribution < -0.4 is 11.1 Å². The molecule has 0 spiro atoms. The van der Waals surface area contributed by atoms with E-state index in [0.29, 0.717) is 11.4 Å². The zero-order chi connectivity index (χ0) is 15.0. The molecule has 0 fully saturated rings. The Morgan fingerprint density at radius 2 is 1.95 bits per heavy atom. The van der Waals surface area contributed by atoms with Gasteiger partial charge in [0.05, 0.1) is 11.4 Å². The molecule has 6 heteroatoms. The molecule has 3 rings (SSSR count). The smallest absolute Gasteiger partial charge is 0.278 e. The molecule has 0 saturated carbocycles. The number of carbonyl (C=O) groups is 1. The van der Waals surface area contributed by atoms with E-state index in [1.807, 2.05) is 36.4 Å². The van der Waals surface area contributed by atoms with Crippen molar-refractivity contribution in [2.45, 2.75) is 6.92 Å². The van der Waals surface area contributed by atoms with E-state index in [9.17, 15) is 4.79 Å². The lowest BCUT2D eigenvalue weighted by Gasteiger charge is -2.09. The second-order valence-electron chi connectivity index (χ2n) is 4.71. The van der Waals surface area contributed by atoms with Crippen LogP contribution in [-0.2, 0) is 0 Å². The van der Waals surface area contributed by atoms with E-state index in [2.05, 4.69) is 31.4 Å². The highest BCUT2D eigenvalue weighted by atomic mass is 79.9. The molecule has 4 N–H and O–H groups in total. The Hall–Kier alpha value is -2.34. The minimum Gasteiger partial charge on any atom is -0.395 e. The van der Waals surface area contributed by atoms with Gasteiger partial charge in [-0.15, -0.1) is 0 Å². The third kappa shape index (κ3) is 2.38. The second-order valence-corrected chi connectivity index (χ2v) is 5.56. The number of fused-ring (bicyclic) bond motifs is 1. The van der Waals surface area contributed by atoms with Gasteiger partial charge < -0.3 is 11.1 Å². The van der Waals surface area contributed by atoms with Crippen LogP contribution in [-0.4, -0.2) is 16.1 Å². The number of aryl methyl sites for hydroxylation is 1. The van der Waals surface area contributed by atoms with Gasteiger partial charge in [0.25, 0.3) is 5.91 Å². The molecular formula is C15H13BrN4O.